The molecular weight excluding hydrogens is 168 g/mol. The Hall–Kier alpha value is -1.32. The Morgan fingerprint density at radius 2 is 2.46 bits per heavy atom. The molecule has 13 heavy (non-hydrogen) atoms. The van der Waals surface area contributed by atoms with Gasteiger partial charge in [-0.3, -0.25) is 4.79 Å². The van der Waals surface area contributed by atoms with Gasteiger partial charge in [-0.25, -0.2) is 4.98 Å². The smallest absolute Gasteiger partial charge is 0.303 e. The van der Waals surface area contributed by atoms with E-state index in [1.165, 1.54) is 12.8 Å². The first-order chi connectivity index (χ1) is 6.27. The van der Waals surface area contributed by atoms with E-state index in [0.29, 0.717) is 12.5 Å². The van der Waals surface area contributed by atoms with Gasteiger partial charge in [0.1, 0.15) is 5.82 Å². The van der Waals surface area contributed by atoms with Gasteiger partial charge < -0.3 is 9.67 Å². The highest BCUT2D eigenvalue weighted by molar-refractivity contribution is 5.66. The molecule has 4 heteroatoms. The molecule has 1 heterocycles. The Morgan fingerprint density at radius 1 is 1.69 bits per heavy atom. The molecule has 2 rings (SSSR count). The highest BCUT2D eigenvalue weighted by atomic mass is 16.4. The first kappa shape index (κ1) is 8.29. The van der Waals surface area contributed by atoms with Crippen LogP contribution in [0.4, 0.5) is 0 Å². The molecule has 0 bridgehead atoms. The third kappa shape index (κ3) is 1.88. The molecule has 1 aromatic heterocycles. The number of aromatic nitrogens is 2. The summed E-state index contributed by atoms with van der Waals surface area (Å²) in [7, 11) is 0. The molecule has 0 atom stereocenters. The number of imidazole rings is 1. The number of carboxylic acids is 1. The third-order valence-corrected chi connectivity index (χ3v) is 2.25. The minimum Gasteiger partial charge on any atom is -0.481 e. The second-order valence-corrected chi connectivity index (χ2v) is 3.38. The molecule has 1 aliphatic carbocycles. The van der Waals surface area contributed by atoms with Crippen LogP contribution in [0.1, 0.15) is 31.1 Å². The average molecular weight is 180 g/mol. The second kappa shape index (κ2) is 3.20. The highest BCUT2D eigenvalue weighted by Crippen LogP contribution is 2.35. The minimum absolute atomic E-state index is 0.170. The molecule has 1 aromatic rings. The van der Waals surface area contributed by atoms with Crippen molar-refractivity contribution in [2.75, 3.05) is 0 Å². The number of carbonyl (C=O) groups is 1. The third-order valence-electron chi connectivity index (χ3n) is 2.25. The van der Waals surface area contributed by atoms with Gasteiger partial charge in [0.2, 0.25) is 0 Å². The van der Waals surface area contributed by atoms with Crippen molar-refractivity contribution in [2.45, 2.75) is 31.7 Å². The largest absolute Gasteiger partial charge is 0.481 e. The molecule has 0 aliphatic heterocycles. The lowest BCUT2D eigenvalue weighted by atomic mass is 10.3. The second-order valence-electron chi connectivity index (χ2n) is 3.38. The summed E-state index contributed by atoms with van der Waals surface area (Å²) in [6.45, 7) is 0. The monoisotopic (exact) mass is 180 g/mol. The van der Waals surface area contributed by atoms with Gasteiger partial charge in [0.05, 0.1) is 6.42 Å². The first-order valence-electron chi connectivity index (χ1n) is 4.51. The summed E-state index contributed by atoms with van der Waals surface area (Å²) in [5.41, 5.74) is 0. The van der Waals surface area contributed by atoms with Crippen molar-refractivity contribution in [2.24, 2.45) is 0 Å². The van der Waals surface area contributed by atoms with Gasteiger partial charge in [-0.05, 0) is 12.8 Å². The van der Waals surface area contributed by atoms with Crippen LogP contribution in [0.25, 0.3) is 0 Å². The lowest BCUT2D eigenvalue weighted by Gasteiger charge is -2.03. The lowest BCUT2D eigenvalue weighted by molar-refractivity contribution is -0.137. The number of hydrogen-bond acceptors (Lipinski definition) is 2. The van der Waals surface area contributed by atoms with Gasteiger partial charge >= 0.3 is 5.97 Å². The molecule has 0 aromatic carbocycles. The summed E-state index contributed by atoms with van der Waals surface area (Å²) in [5.74, 6) is 0.148. The Bertz CT molecular complexity index is 315. The fraction of sp³-hybridized carbons (Fsp3) is 0.556. The summed E-state index contributed by atoms with van der Waals surface area (Å²) < 4.78 is 2.10. The van der Waals surface area contributed by atoms with Crippen LogP contribution in [0, 0.1) is 0 Å². The predicted octanol–water partition coefficient (Wildman–Crippen LogP) is 1.24. The van der Waals surface area contributed by atoms with Gasteiger partial charge in [-0.2, -0.15) is 0 Å². The molecule has 0 saturated heterocycles. The zero-order valence-electron chi connectivity index (χ0n) is 7.31. The van der Waals surface area contributed by atoms with Crippen LogP contribution >= 0.6 is 0 Å². The number of rotatable bonds is 4. The van der Waals surface area contributed by atoms with Crippen molar-refractivity contribution in [3.63, 3.8) is 0 Å². The number of nitrogens with zero attached hydrogens (tertiary/aromatic N) is 2. The van der Waals surface area contributed by atoms with Gasteiger partial charge in [0, 0.05) is 24.9 Å². The van der Waals surface area contributed by atoms with Crippen molar-refractivity contribution in [1.29, 1.82) is 0 Å². The molecule has 4 nitrogen and oxygen atoms in total. The van der Waals surface area contributed by atoms with E-state index in [9.17, 15) is 4.79 Å². The normalized spacial score (nSPS) is 16.0. The molecule has 0 amide bonds. The van der Waals surface area contributed by atoms with Crippen molar-refractivity contribution in [3.05, 3.63) is 18.2 Å². The maximum absolute atomic E-state index is 10.4. The Morgan fingerprint density at radius 3 is 3.08 bits per heavy atom. The zero-order valence-corrected chi connectivity index (χ0v) is 7.31. The maximum Gasteiger partial charge on any atom is 0.303 e. The van der Waals surface area contributed by atoms with Crippen LogP contribution in [0.3, 0.4) is 0 Å². The zero-order chi connectivity index (χ0) is 9.26. The van der Waals surface area contributed by atoms with Gasteiger partial charge in [-0.1, -0.05) is 0 Å². The van der Waals surface area contributed by atoms with Crippen molar-refractivity contribution >= 4 is 5.97 Å². The number of carboxylic acid groups (broad SMARTS) is 1. The van der Waals surface area contributed by atoms with Crippen molar-refractivity contribution < 1.29 is 9.90 Å². The van der Waals surface area contributed by atoms with E-state index in [4.69, 9.17) is 5.11 Å². The first-order valence-corrected chi connectivity index (χ1v) is 4.51. The van der Waals surface area contributed by atoms with E-state index < -0.39 is 5.97 Å². The van der Waals surface area contributed by atoms with Crippen LogP contribution in [-0.2, 0) is 11.2 Å². The van der Waals surface area contributed by atoms with Crippen LogP contribution in [-0.4, -0.2) is 20.6 Å². The van der Waals surface area contributed by atoms with Gasteiger partial charge in [-0.15, -0.1) is 0 Å². The number of aryl methyl sites for hydroxylation is 1. The quantitative estimate of drug-likeness (QED) is 0.758. The average Bonchev–Trinajstić information content (AvgIpc) is 2.82. The summed E-state index contributed by atoms with van der Waals surface area (Å²) in [4.78, 5) is 14.5. The summed E-state index contributed by atoms with van der Waals surface area (Å²) in [6, 6.07) is 0.589. The highest BCUT2D eigenvalue weighted by Gasteiger charge is 2.25. The molecule has 70 valence electrons. The van der Waals surface area contributed by atoms with Gasteiger partial charge in [0.25, 0.3) is 0 Å². The molecule has 1 N–H and O–H groups in total. The van der Waals surface area contributed by atoms with E-state index in [2.05, 4.69) is 9.55 Å². The molecular formula is C9H12N2O2. The van der Waals surface area contributed by atoms with E-state index >= 15 is 0 Å². The molecule has 1 aliphatic rings. The lowest BCUT2D eigenvalue weighted by Crippen LogP contribution is -2.04. The molecule has 1 fully saturated rings. The summed E-state index contributed by atoms with van der Waals surface area (Å²) in [5, 5.41) is 8.52. The SMILES string of the molecule is O=C(O)CCc1nccn1C1CC1. The topological polar surface area (TPSA) is 55.1 Å². The van der Waals surface area contributed by atoms with Crippen LogP contribution < -0.4 is 0 Å². The van der Waals surface area contributed by atoms with Crippen molar-refractivity contribution in [3.8, 4) is 0 Å². The maximum atomic E-state index is 10.4. The Balaban J connectivity index is 2.02. The van der Waals surface area contributed by atoms with Crippen LogP contribution in [0.15, 0.2) is 12.4 Å². The summed E-state index contributed by atoms with van der Waals surface area (Å²) >= 11 is 0. The number of hydrogen-bond donors (Lipinski definition) is 1. The van der Waals surface area contributed by atoms with Gasteiger partial charge in [0.15, 0.2) is 0 Å². The predicted molar refractivity (Wildman–Crippen MR) is 46.5 cm³/mol. The van der Waals surface area contributed by atoms with E-state index in [1.807, 2.05) is 6.20 Å². The molecule has 0 radical (unpaired) electrons. The fourth-order valence-corrected chi connectivity index (χ4v) is 1.44. The van der Waals surface area contributed by atoms with E-state index in [-0.39, 0.29) is 6.42 Å². The van der Waals surface area contributed by atoms with Crippen LogP contribution in [0.2, 0.25) is 0 Å². The van der Waals surface area contributed by atoms with E-state index in [1.54, 1.807) is 6.20 Å². The Labute approximate surface area is 76.2 Å². The molecule has 1 saturated carbocycles. The molecule has 0 unspecified atom stereocenters. The fourth-order valence-electron chi connectivity index (χ4n) is 1.44. The molecule has 0 spiro atoms. The summed E-state index contributed by atoms with van der Waals surface area (Å²) in [6.07, 6.45) is 6.81. The van der Waals surface area contributed by atoms with Crippen molar-refractivity contribution in [1.82, 2.24) is 9.55 Å². The number of aliphatic carboxylic acids is 1. The van der Waals surface area contributed by atoms with E-state index in [0.717, 1.165) is 5.82 Å². The Kier molecular flexibility index (Phi) is 2.04. The van der Waals surface area contributed by atoms with Crippen LogP contribution in [0.5, 0.6) is 0 Å². The minimum atomic E-state index is -0.759. The standard InChI is InChI=1S/C9H12N2O2/c12-9(13)4-3-8-10-5-6-11(8)7-1-2-7/h5-7H,1-4H2,(H,12,13).